The molecule has 54 valence electrons. The molecule has 1 fully saturated rings. The highest BCUT2D eigenvalue weighted by Gasteiger charge is 2.54. The first-order chi connectivity index (χ1) is 4.09. The van der Waals surface area contributed by atoms with Gasteiger partial charge in [-0.2, -0.15) is 9.78 Å². The zero-order chi connectivity index (χ0) is 7.07. The van der Waals surface area contributed by atoms with Crippen LogP contribution in [-0.4, -0.2) is 5.79 Å². The van der Waals surface area contributed by atoms with Crippen molar-refractivity contribution in [3.05, 3.63) is 0 Å². The van der Waals surface area contributed by atoms with Gasteiger partial charge in [-0.05, 0) is 0 Å². The number of hydrogen-bond donors (Lipinski definition) is 0. The molecule has 0 atom stereocenters. The van der Waals surface area contributed by atoms with Gasteiger partial charge in [-0.1, -0.05) is 27.7 Å². The van der Waals surface area contributed by atoms with Gasteiger partial charge < -0.3 is 0 Å². The van der Waals surface area contributed by atoms with Gasteiger partial charge in [0.15, 0.2) is 0 Å². The van der Waals surface area contributed by atoms with Gasteiger partial charge in [0, 0.05) is 11.8 Å². The predicted molar refractivity (Wildman–Crippen MR) is 34.6 cm³/mol. The molecule has 0 saturated carbocycles. The Bertz CT molecular complexity index is 93.5. The SMILES string of the molecule is CC(C)C1(C(C)C)OO1. The Morgan fingerprint density at radius 3 is 1.22 bits per heavy atom. The molecule has 1 saturated heterocycles. The molecular weight excluding hydrogens is 116 g/mol. The molecule has 9 heavy (non-hydrogen) atoms. The molecule has 0 radical (unpaired) electrons. The van der Waals surface area contributed by atoms with Gasteiger partial charge >= 0.3 is 0 Å². The van der Waals surface area contributed by atoms with Crippen LogP contribution >= 0.6 is 0 Å². The molecule has 0 unspecified atom stereocenters. The molecule has 0 aliphatic carbocycles. The van der Waals surface area contributed by atoms with Crippen molar-refractivity contribution >= 4 is 0 Å². The minimum Gasteiger partial charge on any atom is -0.194 e. The van der Waals surface area contributed by atoms with E-state index in [1.807, 2.05) is 0 Å². The Labute approximate surface area is 56.1 Å². The molecule has 1 aliphatic heterocycles. The van der Waals surface area contributed by atoms with E-state index in [0.717, 1.165) is 0 Å². The lowest BCUT2D eigenvalue weighted by molar-refractivity contribution is 0.0850. The van der Waals surface area contributed by atoms with Crippen LogP contribution in [0, 0.1) is 11.8 Å². The quantitative estimate of drug-likeness (QED) is 0.421. The van der Waals surface area contributed by atoms with Crippen LogP contribution in [0.3, 0.4) is 0 Å². The van der Waals surface area contributed by atoms with Crippen molar-refractivity contribution in [1.82, 2.24) is 0 Å². The number of hydrogen-bond acceptors (Lipinski definition) is 2. The van der Waals surface area contributed by atoms with Gasteiger partial charge in [0.1, 0.15) is 0 Å². The fourth-order valence-electron chi connectivity index (χ4n) is 1.10. The highest BCUT2D eigenvalue weighted by Crippen LogP contribution is 2.43. The average Bonchev–Trinajstić information content (AvgIpc) is 2.40. The fourth-order valence-corrected chi connectivity index (χ4v) is 1.10. The largest absolute Gasteiger partial charge is 0.238 e. The van der Waals surface area contributed by atoms with Gasteiger partial charge in [0.05, 0.1) is 0 Å². The van der Waals surface area contributed by atoms with E-state index in [0.29, 0.717) is 11.8 Å². The molecule has 2 nitrogen and oxygen atoms in total. The monoisotopic (exact) mass is 130 g/mol. The Kier molecular flexibility index (Phi) is 1.53. The first-order valence-electron chi connectivity index (χ1n) is 3.46. The van der Waals surface area contributed by atoms with Crippen molar-refractivity contribution in [3.8, 4) is 0 Å². The lowest BCUT2D eigenvalue weighted by Gasteiger charge is -2.13. The van der Waals surface area contributed by atoms with E-state index < -0.39 is 0 Å². The Hall–Kier alpha value is -0.0800. The molecule has 0 aromatic carbocycles. The van der Waals surface area contributed by atoms with Crippen molar-refractivity contribution in [2.75, 3.05) is 0 Å². The maximum atomic E-state index is 4.92. The summed E-state index contributed by atoms with van der Waals surface area (Å²) in [6.45, 7) is 8.42. The molecular formula is C7H14O2. The van der Waals surface area contributed by atoms with Gasteiger partial charge in [-0.3, -0.25) is 0 Å². The summed E-state index contributed by atoms with van der Waals surface area (Å²) >= 11 is 0. The number of rotatable bonds is 2. The molecule has 2 heteroatoms. The van der Waals surface area contributed by atoms with Crippen molar-refractivity contribution in [3.63, 3.8) is 0 Å². The molecule has 1 rings (SSSR count). The maximum Gasteiger partial charge on any atom is 0.238 e. The normalized spacial score (nSPS) is 23.3. The first-order valence-corrected chi connectivity index (χ1v) is 3.46. The minimum absolute atomic E-state index is 0.250. The Morgan fingerprint density at radius 2 is 1.22 bits per heavy atom. The molecule has 1 aliphatic rings. The third kappa shape index (κ3) is 0.970. The highest BCUT2D eigenvalue weighted by molar-refractivity contribution is 4.81. The molecule has 0 bridgehead atoms. The van der Waals surface area contributed by atoms with Crippen LogP contribution in [0.25, 0.3) is 0 Å². The second-order valence-corrected chi connectivity index (χ2v) is 3.20. The summed E-state index contributed by atoms with van der Waals surface area (Å²) in [5, 5.41) is 0. The topological polar surface area (TPSA) is 25.1 Å². The van der Waals surface area contributed by atoms with Crippen LogP contribution < -0.4 is 0 Å². The summed E-state index contributed by atoms with van der Waals surface area (Å²) in [6, 6.07) is 0. The summed E-state index contributed by atoms with van der Waals surface area (Å²) in [5.74, 6) is 0.662. The Balaban J connectivity index is 2.52. The molecule has 0 aromatic rings. The Morgan fingerprint density at radius 1 is 0.889 bits per heavy atom. The minimum atomic E-state index is -0.250. The second kappa shape index (κ2) is 1.96. The van der Waals surface area contributed by atoms with Crippen molar-refractivity contribution in [2.24, 2.45) is 11.8 Å². The zero-order valence-corrected chi connectivity index (χ0v) is 6.47. The third-order valence-electron chi connectivity index (χ3n) is 1.89. The van der Waals surface area contributed by atoms with E-state index in [2.05, 4.69) is 27.7 Å². The lowest BCUT2D eigenvalue weighted by Crippen LogP contribution is -2.25. The van der Waals surface area contributed by atoms with Crippen molar-refractivity contribution in [1.29, 1.82) is 0 Å². The van der Waals surface area contributed by atoms with Crippen molar-refractivity contribution < 1.29 is 9.78 Å². The van der Waals surface area contributed by atoms with Gasteiger partial charge in [-0.25, -0.2) is 0 Å². The standard InChI is InChI=1S/C7H14O2/c1-5(2)7(6(3)4)8-9-7/h5-6H,1-4H3. The average molecular weight is 130 g/mol. The lowest BCUT2D eigenvalue weighted by atomic mass is 9.93. The van der Waals surface area contributed by atoms with Crippen LogP contribution in [0.2, 0.25) is 0 Å². The molecule has 1 heterocycles. The van der Waals surface area contributed by atoms with E-state index in [1.165, 1.54) is 0 Å². The summed E-state index contributed by atoms with van der Waals surface area (Å²) in [5.41, 5.74) is 0. The van der Waals surface area contributed by atoms with E-state index in [9.17, 15) is 0 Å². The second-order valence-electron chi connectivity index (χ2n) is 3.20. The van der Waals surface area contributed by atoms with Crippen LogP contribution in [0.5, 0.6) is 0 Å². The fraction of sp³-hybridized carbons (Fsp3) is 1.00. The maximum absolute atomic E-state index is 4.92. The zero-order valence-electron chi connectivity index (χ0n) is 6.47. The van der Waals surface area contributed by atoms with Gasteiger partial charge in [0.2, 0.25) is 5.79 Å². The van der Waals surface area contributed by atoms with Crippen LogP contribution in [0.4, 0.5) is 0 Å². The van der Waals surface area contributed by atoms with E-state index in [1.54, 1.807) is 0 Å². The van der Waals surface area contributed by atoms with E-state index in [-0.39, 0.29) is 5.79 Å². The summed E-state index contributed by atoms with van der Waals surface area (Å²) in [6.07, 6.45) is 0. The van der Waals surface area contributed by atoms with Gasteiger partial charge in [0.25, 0.3) is 0 Å². The van der Waals surface area contributed by atoms with Crippen LogP contribution in [-0.2, 0) is 9.78 Å². The smallest absolute Gasteiger partial charge is 0.194 e. The summed E-state index contributed by atoms with van der Waals surface area (Å²) in [7, 11) is 0. The summed E-state index contributed by atoms with van der Waals surface area (Å²) < 4.78 is 0. The highest BCUT2D eigenvalue weighted by atomic mass is 17.4. The molecule has 0 spiro atoms. The van der Waals surface area contributed by atoms with Crippen molar-refractivity contribution in [2.45, 2.75) is 33.5 Å². The molecule has 0 amide bonds. The van der Waals surface area contributed by atoms with E-state index in [4.69, 9.17) is 9.78 Å². The van der Waals surface area contributed by atoms with E-state index >= 15 is 0 Å². The predicted octanol–water partition coefficient (Wildman–Crippen LogP) is 1.96. The van der Waals surface area contributed by atoms with Crippen LogP contribution in [0.1, 0.15) is 27.7 Å². The van der Waals surface area contributed by atoms with Gasteiger partial charge in [-0.15, -0.1) is 0 Å². The molecule has 0 N–H and O–H groups in total. The first kappa shape index (κ1) is 7.03. The third-order valence-corrected chi connectivity index (χ3v) is 1.89. The summed E-state index contributed by atoms with van der Waals surface area (Å²) in [4.78, 5) is 9.84. The molecule has 0 aromatic heterocycles. The van der Waals surface area contributed by atoms with Crippen LogP contribution in [0.15, 0.2) is 0 Å².